The lowest BCUT2D eigenvalue weighted by Crippen LogP contribution is -2.46. The van der Waals surface area contributed by atoms with Crippen LogP contribution in [-0.4, -0.2) is 43.7 Å². The largest absolute Gasteiger partial charge is 0.383 e. The van der Waals surface area contributed by atoms with E-state index in [4.69, 9.17) is 10.5 Å². The van der Waals surface area contributed by atoms with Crippen LogP contribution < -0.4 is 5.73 Å². The van der Waals surface area contributed by atoms with Crippen LogP contribution in [-0.2, 0) is 9.53 Å². The molecule has 0 aromatic carbocycles. The van der Waals surface area contributed by atoms with Crippen molar-refractivity contribution in [2.24, 2.45) is 11.1 Å². The summed E-state index contributed by atoms with van der Waals surface area (Å²) in [5.74, 6) is 0.224. The van der Waals surface area contributed by atoms with Crippen molar-refractivity contribution in [1.82, 2.24) is 4.90 Å². The minimum Gasteiger partial charge on any atom is -0.383 e. The number of nitrogens with two attached hydrogens (primary N) is 1. The van der Waals surface area contributed by atoms with Gasteiger partial charge in [-0.2, -0.15) is 0 Å². The molecule has 1 amide bonds. The standard InChI is InChI=1S/C13H26N2O2/c1-11(2)15(7-8-17-3)12(16)9-13(10-14)5-4-6-13/h11H,4-10,14H2,1-3H3. The van der Waals surface area contributed by atoms with Gasteiger partial charge in [-0.15, -0.1) is 0 Å². The molecule has 0 atom stereocenters. The van der Waals surface area contributed by atoms with E-state index in [9.17, 15) is 4.79 Å². The SMILES string of the molecule is COCCN(C(=O)CC1(CN)CCC1)C(C)C. The van der Waals surface area contributed by atoms with Crippen molar-refractivity contribution in [1.29, 1.82) is 0 Å². The maximum absolute atomic E-state index is 12.3. The number of rotatable bonds is 7. The van der Waals surface area contributed by atoms with Crippen LogP contribution in [0.3, 0.4) is 0 Å². The average molecular weight is 242 g/mol. The maximum atomic E-state index is 12.3. The van der Waals surface area contributed by atoms with Crippen LogP contribution in [0.1, 0.15) is 39.5 Å². The van der Waals surface area contributed by atoms with Gasteiger partial charge < -0.3 is 15.4 Å². The molecule has 0 heterocycles. The summed E-state index contributed by atoms with van der Waals surface area (Å²) in [4.78, 5) is 14.2. The van der Waals surface area contributed by atoms with Crippen molar-refractivity contribution < 1.29 is 9.53 Å². The highest BCUT2D eigenvalue weighted by molar-refractivity contribution is 5.77. The summed E-state index contributed by atoms with van der Waals surface area (Å²) in [6, 6.07) is 0.229. The summed E-state index contributed by atoms with van der Waals surface area (Å²) < 4.78 is 5.05. The second-order valence-electron chi connectivity index (χ2n) is 5.41. The topological polar surface area (TPSA) is 55.6 Å². The molecule has 1 aliphatic carbocycles. The van der Waals surface area contributed by atoms with E-state index in [0.717, 1.165) is 12.8 Å². The number of nitrogens with zero attached hydrogens (tertiary/aromatic N) is 1. The van der Waals surface area contributed by atoms with E-state index in [1.165, 1.54) is 6.42 Å². The van der Waals surface area contributed by atoms with Crippen LogP contribution in [0.2, 0.25) is 0 Å². The first-order valence-corrected chi connectivity index (χ1v) is 6.53. The number of methoxy groups -OCH3 is 1. The highest BCUT2D eigenvalue weighted by atomic mass is 16.5. The van der Waals surface area contributed by atoms with E-state index in [1.54, 1.807) is 7.11 Å². The van der Waals surface area contributed by atoms with Gasteiger partial charge in [-0.1, -0.05) is 6.42 Å². The number of amides is 1. The quantitative estimate of drug-likeness (QED) is 0.734. The molecule has 0 aliphatic heterocycles. The Labute approximate surface area is 104 Å². The molecule has 1 rings (SSSR count). The first-order valence-electron chi connectivity index (χ1n) is 6.53. The number of carbonyl (C=O) groups excluding carboxylic acids is 1. The first-order chi connectivity index (χ1) is 8.04. The molecule has 0 saturated heterocycles. The third kappa shape index (κ3) is 3.68. The van der Waals surface area contributed by atoms with E-state index in [0.29, 0.717) is 26.1 Å². The van der Waals surface area contributed by atoms with Gasteiger partial charge in [0, 0.05) is 26.1 Å². The van der Waals surface area contributed by atoms with E-state index >= 15 is 0 Å². The molecule has 1 saturated carbocycles. The lowest BCUT2D eigenvalue weighted by molar-refractivity contribution is -0.137. The fourth-order valence-corrected chi connectivity index (χ4v) is 2.41. The highest BCUT2D eigenvalue weighted by Gasteiger charge is 2.38. The Morgan fingerprint density at radius 2 is 2.12 bits per heavy atom. The van der Waals surface area contributed by atoms with Crippen molar-refractivity contribution in [3.63, 3.8) is 0 Å². The van der Waals surface area contributed by atoms with Gasteiger partial charge in [-0.3, -0.25) is 4.79 Å². The predicted molar refractivity (Wildman–Crippen MR) is 68.7 cm³/mol. The Balaban J connectivity index is 2.52. The van der Waals surface area contributed by atoms with Crippen molar-refractivity contribution >= 4 is 5.91 Å². The second-order valence-corrected chi connectivity index (χ2v) is 5.41. The first kappa shape index (κ1) is 14.5. The molecule has 0 aromatic rings. The molecule has 0 bridgehead atoms. The molecule has 0 radical (unpaired) electrons. The van der Waals surface area contributed by atoms with Crippen molar-refractivity contribution in [3.8, 4) is 0 Å². The normalized spacial score (nSPS) is 17.9. The predicted octanol–water partition coefficient (Wildman–Crippen LogP) is 1.39. The summed E-state index contributed by atoms with van der Waals surface area (Å²) in [5, 5.41) is 0. The summed E-state index contributed by atoms with van der Waals surface area (Å²) in [6.45, 7) is 6.00. The zero-order valence-electron chi connectivity index (χ0n) is 11.4. The molecule has 0 aromatic heterocycles. The molecule has 4 heteroatoms. The van der Waals surface area contributed by atoms with Crippen LogP contribution in [0.25, 0.3) is 0 Å². The summed E-state index contributed by atoms with van der Waals surface area (Å²) in [6.07, 6.45) is 4.02. The Kier molecular flexibility index (Phi) is 5.40. The maximum Gasteiger partial charge on any atom is 0.223 e. The molecule has 1 fully saturated rings. The number of hydrogen-bond acceptors (Lipinski definition) is 3. The molecule has 1 aliphatic rings. The zero-order valence-corrected chi connectivity index (χ0v) is 11.4. The Morgan fingerprint density at radius 3 is 2.47 bits per heavy atom. The van der Waals surface area contributed by atoms with E-state index in [1.807, 2.05) is 18.7 Å². The summed E-state index contributed by atoms with van der Waals surface area (Å²) in [5.41, 5.74) is 5.89. The summed E-state index contributed by atoms with van der Waals surface area (Å²) >= 11 is 0. The monoisotopic (exact) mass is 242 g/mol. The molecule has 100 valence electrons. The minimum atomic E-state index is 0.0945. The fraction of sp³-hybridized carbons (Fsp3) is 0.923. The van der Waals surface area contributed by atoms with E-state index in [2.05, 4.69) is 0 Å². The zero-order chi connectivity index (χ0) is 12.9. The van der Waals surface area contributed by atoms with Crippen LogP contribution in [0, 0.1) is 5.41 Å². The Bertz CT molecular complexity index is 244. The number of hydrogen-bond donors (Lipinski definition) is 1. The molecule has 4 nitrogen and oxygen atoms in total. The molecule has 0 spiro atoms. The van der Waals surface area contributed by atoms with Gasteiger partial charge >= 0.3 is 0 Å². The molecular weight excluding hydrogens is 216 g/mol. The smallest absolute Gasteiger partial charge is 0.223 e. The summed E-state index contributed by atoms with van der Waals surface area (Å²) in [7, 11) is 1.66. The van der Waals surface area contributed by atoms with Gasteiger partial charge in [0.25, 0.3) is 0 Å². The minimum absolute atomic E-state index is 0.0945. The lowest BCUT2D eigenvalue weighted by Gasteiger charge is -2.42. The lowest BCUT2D eigenvalue weighted by atomic mass is 9.66. The van der Waals surface area contributed by atoms with Crippen LogP contribution >= 0.6 is 0 Å². The number of ether oxygens (including phenoxy) is 1. The van der Waals surface area contributed by atoms with Crippen molar-refractivity contribution in [2.45, 2.75) is 45.6 Å². The van der Waals surface area contributed by atoms with Gasteiger partial charge in [-0.25, -0.2) is 0 Å². The molecular formula is C13H26N2O2. The molecule has 2 N–H and O–H groups in total. The van der Waals surface area contributed by atoms with Gasteiger partial charge in [0.05, 0.1) is 6.61 Å². The average Bonchev–Trinajstić information content (AvgIpc) is 2.23. The van der Waals surface area contributed by atoms with Gasteiger partial charge in [0.15, 0.2) is 0 Å². The highest BCUT2D eigenvalue weighted by Crippen LogP contribution is 2.43. The second kappa shape index (κ2) is 6.36. The van der Waals surface area contributed by atoms with Gasteiger partial charge in [0.1, 0.15) is 0 Å². The van der Waals surface area contributed by atoms with Crippen molar-refractivity contribution in [2.75, 3.05) is 26.8 Å². The fourth-order valence-electron chi connectivity index (χ4n) is 2.41. The molecule has 0 unspecified atom stereocenters. The van der Waals surface area contributed by atoms with Crippen molar-refractivity contribution in [3.05, 3.63) is 0 Å². The molecule has 17 heavy (non-hydrogen) atoms. The third-order valence-corrected chi connectivity index (χ3v) is 3.85. The van der Waals surface area contributed by atoms with Crippen LogP contribution in [0.5, 0.6) is 0 Å². The third-order valence-electron chi connectivity index (χ3n) is 3.85. The Morgan fingerprint density at radius 1 is 1.47 bits per heavy atom. The van der Waals surface area contributed by atoms with Gasteiger partial charge in [-0.05, 0) is 38.6 Å². The van der Waals surface area contributed by atoms with E-state index in [-0.39, 0.29) is 17.4 Å². The Hall–Kier alpha value is -0.610. The van der Waals surface area contributed by atoms with Crippen LogP contribution in [0.15, 0.2) is 0 Å². The van der Waals surface area contributed by atoms with E-state index < -0.39 is 0 Å². The van der Waals surface area contributed by atoms with Crippen LogP contribution in [0.4, 0.5) is 0 Å². The number of carbonyl (C=O) groups is 1. The van der Waals surface area contributed by atoms with Gasteiger partial charge in [0.2, 0.25) is 5.91 Å².